The van der Waals surface area contributed by atoms with Crippen LogP contribution in [0, 0.1) is 0 Å². The molecule has 0 aliphatic heterocycles. The van der Waals surface area contributed by atoms with Gasteiger partial charge in [0, 0.05) is 24.0 Å². The maximum absolute atomic E-state index is 13.0. The van der Waals surface area contributed by atoms with E-state index in [2.05, 4.69) is 21.2 Å². The van der Waals surface area contributed by atoms with Crippen LogP contribution in [0.3, 0.4) is 0 Å². The number of hydrogen-bond donors (Lipinski definition) is 1. The number of nitrogens with zero attached hydrogens (tertiary/aromatic N) is 1. The Hall–Kier alpha value is -2.54. The second-order valence-corrected chi connectivity index (χ2v) is 8.16. The molecule has 0 heterocycles. The normalized spacial score (nSPS) is 11.5. The summed E-state index contributed by atoms with van der Waals surface area (Å²) in [6, 6.07) is 14.5. The molecule has 0 aliphatic carbocycles. The van der Waals surface area contributed by atoms with E-state index < -0.39 is 6.04 Å². The zero-order valence-electron chi connectivity index (χ0n) is 18.4. The maximum atomic E-state index is 13.0. The van der Waals surface area contributed by atoms with E-state index in [0.717, 1.165) is 28.0 Å². The van der Waals surface area contributed by atoms with E-state index in [-0.39, 0.29) is 11.8 Å². The molecule has 7 heteroatoms. The number of carbonyl (C=O) groups is 2. The molecular formula is C24H31BrN2O4. The Labute approximate surface area is 193 Å². The topological polar surface area (TPSA) is 67.9 Å². The Morgan fingerprint density at radius 2 is 1.71 bits per heavy atom. The summed E-state index contributed by atoms with van der Waals surface area (Å²) in [5.74, 6) is 1.29. The van der Waals surface area contributed by atoms with E-state index in [4.69, 9.17) is 9.47 Å². The molecule has 0 spiro atoms. The molecule has 31 heavy (non-hydrogen) atoms. The Morgan fingerprint density at radius 1 is 1.06 bits per heavy atom. The van der Waals surface area contributed by atoms with Gasteiger partial charge >= 0.3 is 0 Å². The predicted octanol–water partition coefficient (Wildman–Crippen LogP) is 4.56. The first kappa shape index (κ1) is 24.7. The molecule has 0 aromatic heterocycles. The molecule has 1 N–H and O–H groups in total. The molecule has 0 saturated heterocycles. The lowest BCUT2D eigenvalue weighted by atomic mass is 10.1. The van der Waals surface area contributed by atoms with E-state index in [1.54, 1.807) is 18.9 Å². The average molecular weight is 491 g/mol. The van der Waals surface area contributed by atoms with Gasteiger partial charge < -0.3 is 19.7 Å². The minimum absolute atomic E-state index is 0.0691. The van der Waals surface area contributed by atoms with Crippen LogP contribution >= 0.6 is 15.9 Å². The zero-order chi connectivity index (χ0) is 22.6. The molecule has 0 saturated carbocycles. The summed E-state index contributed by atoms with van der Waals surface area (Å²) in [7, 11) is 1.62. The fraction of sp³-hybridized carbons (Fsp3) is 0.417. The highest BCUT2D eigenvalue weighted by atomic mass is 79.9. The third-order valence-electron chi connectivity index (χ3n) is 4.85. The van der Waals surface area contributed by atoms with Gasteiger partial charge in [0.05, 0.1) is 13.7 Å². The number of ether oxygens (including phenoxy) is 2. The van der Waals surface area contributed by atoms with Crippen molar-refractivity contribution in [3.63, 3.8) is 0 Å². The van der Waals surface area contributed by atoms with E-state index in [1.165, 1.54) is 0 Å². The first-order chi connectivity index (χ1) is 14.9. The van der Waals surface area contributed by atoms with Gasteiger partial charge in [-0.2, -0.15) is 0 Å². The Kier molecular flexibility index (Phi) is 10.4. The molecule has 0 fully saturated rings. The second kappa shape index (κ2) is 13.0. The smallest absolute Gasteiger partial charge is 0.242 e. The summed E-state index contributed by atoms with van der Waals surface area (Å²) in [5, 5.41) is 2.89. The molecule has 168 valence electrons. The second-order valence-electron chi connectivity index (χ2n) is 7.24. The van der Waals surface area contributed by atoms with Gasteiger partial charge in [-0.25, -0.2) is 0 Å². The van der Waals surface area contributed by atoms with Crippen LogP contribution in [-0.2, 0) is 16.1 Å². The summed E-state index contributed by atoms with van der Waals surface area (Å²) >= 11 is 3.43. The number of rotatable bonds is 12. The quantitative estimate of drug-likeness (QED) is 0.442. The van der Waals surface area contributed by atoms with Crippen molar-refractivity contribution < 1.29 is 19.1 Å². The van der Waals surface area contributed by atoms with Gasteiger partial charge in [0.15, 0.2) is 0 Å². The third kappa shape index (κ3) is 8.25. The van der Waals surface area contributed by atoms with Crippen LogP contribution in [0.25, 0.3) is 0 Å². The van der Waals surface area contributed by atoms with Crippen molar-refractivity contribution in [2.75, 3.05) is 20.3 Å². The molecule has 2 aromatic rings. The van der Waals surface area contributed by atoms with Crippen molar-refractivity contribution >= 4 is 27.7 Å². The number of benzene rings is 2. The Balaban J connectivity index is 1.95. The highest BCUT2D eigenvalue weighted by Gasteiger charge is 2.25. The van der Waals surface area contributed by atoms with Crippen LogP contribution in [0.5, 0.6) is 11.5 Å². The molecule has 2 rings (SSSR count). The van der Waals surface area contributed by atoms with Crippen molar-refractivity contribution in [2.24, 2.45) is 0 Å². The molecule has 2 amide bonds. The van der Waals surface area contributed by atoms with Crippen LogP contribution in [0.2, 0.25) is 0 Å². The summed E-state index contributed by atoms with van der Waals surface area (Å²) in [4.78, 5) is 27.1. The summed E-state index contributed by atoms with van der Waals surface area (Å²) < 4.78 is 11.8. The highest BCUT2D eigenvalue weighted by Crippen LogP contribution is 2.18. The average Bonchev–Trinajstić information content (AvgIpc) is 2.79. The largest absolute Gasteiger partial charge is 0.497 e. The minimum atomic E-state index is -0.551. The number of nitrogens with one attached hydrogen (secondary N) is 1. The molecule has 2 aromatic carbocycles. The van der Waals surface area contributed by atoms with E-state index in [0.29, 0.717) is 32.5 Å². The lowest BCUT2D eigenvalue weighted by Crippen LogP contribution is -2.47. The van der Waals surface area contributed by atoms with Gasteiger partial charge in [-0.1, -0.05) is 35.0 Å². The van der Waals surface area contributed by atoms with Crippen LogP contribution in [0.15, 0.2) is 53.0 Å². The lowest BCUT2D eigenvalue weighted by molar-refractivity contribution is -0.140. The summed E-state index contributed by atoms with van der Waals surface area (Å²) in [5.41, 5.74) is 0.973. The zero-order valence-corrected chi connectivity index (χ0v) is 20.0. The molecular weight excluding hydrogens is 460 g/mol. The number of hydrogen-bond acceptors (Lipinski definition) is 4. The van der Waals surface area contributed by atoms with Crippen molar-refractivity contribution in [2.45, 2.75) is 45.7 Å². The standard InChI is InChI=1S/C24H31BrN2O4/c1-4-15-26-24(29)18(2)27(17-19-7-9-20(25)10-8-19)23(28)6-5-16-31-22-13-11-21(30-3)12-14-22/h7-14,18H,4-6,15-17H2,1-3H3,(H,26,29)/t18-/m0/s1. The van der Waals surface area contributed by atoms with Crippen LogP contribution in [0.4, 0.5) is 0 Å². The van der Waals surface area contributed by atoms with E-state index in [9.17, 15) is 9.59 Å². The molecule has 0 aliphatic rings. The lowest BCUT2D eigenvalue weighted by Gasteiger charge is -2.29. The van der Waals surface area contributed by atoms with Crippen LogP contribution in [-0.4, -0.2) is 43.0 Å². The number of halogens is 1. The van der Waals surface area contributed by atoms with Gasteiger partial charge in [-0.3, -0.25) is 9.59 Å². The maximum Gasteiger partial charge on any atom is 0.242 e. The predicted molar refractivity (Wildman–Crippen MR) is 125 cm³/mol. The minimum Gasteiger partial charge on any atom is -0.497 e. The third-order valence-corrected chi connectivity index (χ3v) is 5.37. The van der Waals surface area contributed by atoms with Crippen molar-refractivity contribution in [1.29, 1.82) is 0 Å². The van der Waals surface area contributed by atoms with Crippen LogP contribution in [0.1, 0.15) is 38.7 Å². The highest BCUT2D eigenvalue weighted by molar-refractivity contribution is 9.10. The monoisotopic (exact) mass is 490 g/mol. The summed E-state index contributed by atoms with van der Waals surface area (Å²) in [6.45, 7) is 5.17. The van der Waals surface area contributed by atoms with E-state index >= 15 is 0 Å². The number of amides is 2. The molecule has 6 nitrogen and oxygen atoms in total. The molecule has 1 atom stereocenters. The van der Waals surface area contributed by atoms with Crippen molar-refractivity contribution in [1.82, 2.24) is 10.2 Å². The number of carbonyl (C=O) groups excluding carboxylic acids is 2. The van der Waals surface area contributed by atoms with Gasteiger partial charge in [-0.15, -0.1) is 0 Å². The van der Waals surface area contributed by atoms with Crippen molar-refractivity contribution in [3.05, 3.63) is 58.6 Å². The Morgan fingerprint density at radius 3 is 2.32 bits per heavy atom. The molecule has 0 bridgehead atoms. The van der Waals surface area contributed by atoms with Gasteiger partial charge in [0.2, 0.25) is 11.8 Å². The van der Waals surface area contributed by atoms with Gasteiger partial charge in [-0.05, 0) is 61.7 Å². The summed E-state index contributed by atoms with van der Waals surface area (Å²) in [6.07, 6.45) is 1.71. The molecule has 0 radical (unpaired) electrons. The van der Waals surface area contributed by atoms with Gasteiger partial charge in [0.25, 0.3) is 0 Å². The van der Waals surface area contributed by atoms with E-state index in [1.807, 2.05) is 55.5 Å². The fourth-order valence-corrected chi connectivity index (χ4v) is 3.26. The Bertz CT molecular complexity index is 824. The first-order valence-electron chi connectivity index (χ1n) is 10.5. The van der Waals surface area contributed by atoms with Gasteiger partial charge in [0.1, 0.15) is 17.5 Å². The van der Waals surface area contributed by atoms with Crippen molar-refractivity contribution in [3.8, 4) is 11.5 Å². The molecule has 0 unspecified atom stereocenters. The first-order valence-corrected chi connectivity index (χ1v) is 11.3. The SMILES string of the molecule is CCCNC(=O)[C@H](C)N(Cc1ccc(Br)cc1)C(=O)CCCOc1ccc(OC)cc1. The fourth-order valence-electron chi connectivity index (χ4n) is 2.99. The number of methoxy groups -OCH3 is 1. The van der Waals surface area contributed by atoms with Crippen LogP contribution < -0.4 is 14.8 Å².